The number of rotatable bonds is 5. The fourth-order valence-electron chi connectivity index (χ4n) is 2.44. The fraction of sp³-hybridized carbons (Fsp3) is 0.692. The summed E-state index contributed by atoms with van der Waals surface area (Å²) < 4.78 is 2.09. The molecule has 0 saturated carbocycles. The summed E-state index contributed by atoms with van der Waals surface area (Å²) in [7, 11) is 0. The average Bonchev–Trinajstić information content (AvgIpc) is 2.74. The van der Waals surface area contributed by atoms with Crippen molar-refractivity contribution in [2.45, 2.75) is 45.2 Å². The van der Waals surface area contributed by atoms with Gasteiger partial charge in [-0.3, -0.25) is 9.59 Å². The Kier molecular flexibility index (Phi) is 5.26. The molecule has 116 valence electrons. The first-order valence-electron chi connectivity index (χ1n) is 7.30. The summed E-state index contributed by atoms with van der Waals surface area (Å²) in [6, 6.07) is -0.244. The molecule has 8 nitrogen and oxygen atoms in total. The van der Waals surface area contributed by atoms with Gasteiger partial charge in [0.2, 0.25) is 11.8 Å². The lowest BCUT2D eigenvalue weighted by atomic mass is 10.2. The zero-order chi connectivity index (χ0) is 15.2. The predicted octanol–water partition coefficient (Wildman–Crippen LogP) is -0.743. The van der Waals surface area contributed by atoms with Gasteiger partial charge in [-0.2, -0.15) is 0 Å². The molecule has 1 aromatic rings. The van der Waals surface area contributed by atoms with E-state index in [1.807, 2.05) is 6.92 Å². The Bertz CT molecular complexity index is 513. The molecular formula is C13H22N6O2. The highest BCUT2D eigenvalue weighted by Gasteiger charge is 2.20. The number of amides is 2. The number of hydrogen-bond donors (Lipinski definition) is 3. The van der Waals surface area contributed by atoms with Crippen LogP contribution in [0.25, 0.3) is 0 Å². The van der Waals surface area contributed by atoms with Gasteiger partial charge < -0.3 is 20.9 Å². The minimum Gasteiger partial charge on any atom is -0.346 e. The number of hydrogen-bond acceptors (Lipinski definition) is 5. The molecule has 2 rings (SSSR count). The lowest BCUT2D eigenvalue weighted by molar-refractivity contribution is -0.125. The van der Waals surface area contributed by atoms with E-state index in [-0.39, 0.29) is 30.9 Å². The maximum atomic E-state index is 11.8. The third-order valence-corrected chi connectivity index (χ3v) is 3.53. The van der Waals surface area contributed by atoms with Crippen molar-refractivity contribution >= 4 is 11.8 Å². The minimum atomic E-state index is -0.353. The third kappa shape index (κ3) is 4.01. The van der Waals surface area contributed by atoms with E-state index >= 15 is 0 Å². The highest BCUT2D eigenvalue weighted by Crippen LogP contribution is 2.18. The van der Waals surface area contributed by atoms with Crippen LogP contribution in [0.1, 0.15) is 43.9 Å². The van der Waals surface area contributed by atoms with Crippen molar-refractivity contribution in [3.63, 3.8) is 0 Å². The number of aryl methyl sites for hydroxylation is 1. The zero-order valence-corrected chi connectivity index (χ0v) is 12.3. The van der Waals surface area contributed by atoms with E-state index in [0.717, 1.165) is 37.5 Å². The summed E-state index contributed by atoms with van der Waals surface area (Å²) in [6.07, 6.45) is 4.35. The zero-order valence-electron chi connectivity index (χ0n) is 12.3. The van der Waals surface area contributed by atoms with Crippen molar-refractivity contribution in [2.75, 3.05) is 13.1 Å². The molecule has 0 spiro atoms. The maximum Gasteiger partial charge on any atom is 0.239 e. The van der Waals surface area contributed by atoms with E-state index in [9.17, 15) is 9.59 Å². The Balaban J connectivity index is 1.94. The number of carbonyl (C=O) groups excluding carboxylic acids is 2. The van der Waals surface area contributed by atoms with E-state index < -0.39 is 0 Å². The molecule has 0 fully saturated rings. The lowest BCUT2D eigenvalue weighted by Crippen LogP contribution is -2.40. The van der Waals surface area contributed by atoms with Gasteiger partial charge in [-0.1, -0.05) is 6.42 Å². The highest BCUT2D eigenvalue weighted by molar-refractivity contribution is 5.85. The monoisotopic (exact) mass is 294 g/mol. The average molecular weight is 294 g/mol. The molecular weight excluding hydrogens is 272 g/mol. The normalized spacial score (nSPS) is 15.7. The van der Waals surface area contributed by atoms with Crippen LogP contribution in [0.4, 0.5) is 0 Å². The van der Waals surface area contributed by atoms with Crippen molar-refractivity contribution in [2.24, 2.45) is 5.73 Å². The van der Waals surface area contributed by atoms with Gasteiger partial charge in [-0.15, -0.1) is 10.2 Å². The van der Waals surface area contributed by atoms with Gasteiger partial charge in [0.05, 0.1) is 19.1 Å². The number of aromatic nitrogens is 3. The summed E-state index contributed by atoms with van der Waals surface area (Å²) >= 11 is 0. The van der Waals surface area contributed by atoms with E-state index in [1.165, 1.54) is 6.42 Å². The smallest absolute Gasteiger partial charge is 0.239 e. The molecule has 8 heteroatoms. The summed E-state index contributed by atoms with van der Waals surface area (Å²) in [6.45, 7) is 2.55. The second-order valence-corrected chi connectivity index (χ2v) is 5.21. The Hall–Kier alpha value is -1.96. The highest BCUT2D eigenvalue weighted by atomic mass is 16.2. The first-order valence-corrected chi connectivity index (χ1v) is 7.30. The van der Waals surface area contributed by atoms with Crippen molar-refractivity contribution in [1.82, 2.24) is 25.4 Å². The SMILES string of the molecule is CC(NC(=O)CNC(=O)CN)c1nnc2n1CCCCC2. The van der Waals surface area contributed by atoms with Gasteiger partial charge in [0.1, 0.15) is 5.82 Å². The van der Waals surface area contributed by atoms with Crippen LogP contribution in [0.5, 0.6) is 0 Å². The molecule has 1 unspecified atom stereocenters. The molecule has 0 radical (unpaired) electrons. The van der Waals surface area contributed by atoms with Crippen molar-refractivity contribution < 1.29 is 9.59 Å². The molecule has 1 aliphatic heterocycles. The van der Waals surface area contributed by atoms with Gasteiger partial charge >= 0.3 is 0 Å². The van der Waals surface area contributed by atoms with Gasteiger partial charge in [0.25, 0.3) is 0 Å². The number of carbonyl (C=O) groups is 2. The minimum absolute atomic E-state index is 0.0820. The molecule has 2 heterocycles. The van der Waals surface area contributed by atoms with Crippen LogP contribution in [0.2, 0.25) is 0 Å². The van der Waals surface area contributed by atoms with Crippen molar-refractivity contribution in [3.05, 3.63) is 11.6 Å². The molecule has 0 aliphatic carbocycles. The molecule has 4 N–H and O–H groups in total. The fourth-order valence-corrected chi connectivity index (χ4v) is 2.44. The number of nitrogens with zero attached hydrogens (tertiary/aromatic N) is 3. The Morgan fingerprint density at radius 1 is 1.29 bits per heavy atom. The second-order valence-electron chi connectivity index (χ2n) is 5.21. The van der Waals surface area contributed by atoms with E-state index in [1.54, 1.807) is 0 Å². The van der Waals surface area contributed by atoms with Gasteiger partial charge in [-0.05, 0) is 19.8 Å². The largest absolute Gasteiger partial charge is 0.346 e. The molecule has 1 aliphatic rings. The van der Waals surface area contributed by atoms with Crippen LogP contribution in [-0.4, -0.2) is 39.7 Å². The Morgan fingerprint density at radius 2 is 2.10 bits per heavy atom. The number of nitrogens with one attached hydrogen (secondary N) is 2. The lowest BCUT2D eigenvalue weighted by Gasteiger charge is -2.15. The van der Waals surface area contributed by atoms with Crippen LogP contribution in [0.15, 0.2) is 0 Å². The molecule has 21 heavy (non-hydrogen) atoms. The van der Waals surface area contributed by atoms with Crippen LogP contribution >= 0.6 is 0 Å². The summed E-state index contributed by atoms with van der Waals surface area (Å²) in [4.78, 5) is 22.8. The van der Waals surface area contributed by atoms with Gasteiger partial charge in [0, 0.05) is 13.0 Å². The third-order valence-electron chi connectivity index (χ3n) is 3.53. The summed E-state index contributed by atoms with van der Waals surface area (Å²) in [5.74, 6) is 1.13. The van der Waals surface area contributed by atoms with Crippen LogP contribution in [0, 0.1) is 0 Å². The van der Waals surface area contributed by atoms with Crippen LogP contribution < -0.4 is 16.4 Å². The summed E-state index contributed by atoms with van der Waals surface area (Å²) in [5.41, 5.74) is 5.16. The first kappa shape index (κ1) is 15.4. The molecule has 0 bridgehead atoms. The molecule has 1 atom stereocenters. The predicted molar refractivity (Wildman–Crippen MR) is 76.2 cm³/mol. The Morgan fingerprint density at radius 3 is 2.86 bits per heavy atom. The van der Waals surface area contributed by atoms with Gasteiger partial charge in [-0.25, -0.2) is 0 Å². The van der Waals surface area contributed by atoms with E-state index in [4.69, 9.17) is 5.73 Å². The standard InChI is InChI=1S/C13H22N6O2/c1-9(16-12(21)8-15-11(20)7-14)13-18-17-10-5-3-2-4-6-19(10)13/h9H,2-8,14H2,1H3,(H,15,20)(H,16,21). The summed E-state index contributed by atoms with van der Waals surface area (Å²) in [5, 5.41) is 13.7. The molecule has 1 aromatic heterocycles. The van der Waals surface area contributed by atoms with Gasteiger partial charge in [0.15, 0.2) is 5.82 Å². The van der Waals surface area contributed by atoms with Crippen molar-refractivity contribution in [3.8, 4) is 0 Å². The van der Waals surface area contributed by atoms with E-state index in [0.29, 0.717) is 0 Å². The topological polar surface area (TPSA) is 115 Å². The quantitative estimate of drug-likeness (QED) is 0.661. The van der Waals surface area contributed by atoms with E-state index in [2.05, 4.69) is 25.4 Å². The maximum absolute atomic E-state index is 11.8. The second kappa shape index (κ2) is 7.16. The van der Waals surface area contributed by atoms with Crippen molar-refractivity contribution in [1.29, 1.82) is 0 Å². The first-order chi connectivity index (χ1) is 10.1. The molecule has 0 saturated heterocycles. The molecule has 0 aromatic carbocycles. The van der Waals surface area contributed by atoms with Crippen LogP contribution in [0.3, 0.4) is 0 Å². The number of nitrogens with two attached hydrogens (primary N) is 1. The number of fused-ring (bicyclic) bond motifs is 1. The Labute approximate surface area is 123 Å². The van der Waals surface area contributed by atoms with Crippen LogP contribution in [-0.2, 0) is 22.6 Å². The molecule has 2 amide bonds.